The van der Waals surface area contributed by atoms with E-state index in [0.717, 1.165) is 22.4 Å². The molecule has 0 saturated carbocycles. The predicted octanol–water partition coefficient (Wildman–Crippen LogP) is 6.83. The van der Waals surface area contributed by atoms with Gasteiger partial charge in [0.25, 0.3) is 0 Å². The van der Waals surface area contributed by atoms with Gasteiger partial charge in [-0.2, -0.15) is 17.6 Å². The van der Waals surface area contributed by atoms with Crippen molar-refractivity contribution >= 4 is 5.69 Å². The first kappa shape index (κ1) is 20.2. The molecule has 0 aliphatic carbocycles. The second-order valence-corrected chi connectivity index (χ2v) is 7.11. The Morgan fingerprint density at radius 1 is 0.967 bits per heavy atom. The second-order valence-electron chi connectivity index (χ2n) is 7.11. The SMILES string of the molecule is Fc1cccc(-c2cccc3c2CC[C@H](c2cccc(OC(F)(F)C(F)F)c2)N3)c1. The average Bonchev–Trinajstić information content (AvgIpc) is 2.72. The number of ether oxygens (including phenoxy) is 1. The molecule has 0 aromatic heterocycles. The molecule has 0 radical (unpaired) electrons. The van der Waals surface area contributed by atoms with E-state index >= 15 is 0 Å². The second kappa shape index (κ2) is 7.97. The molecule has 0 bridgehead atoms. The number of hydrogen-bond acceptors (Lipinski definition) is 2. The first-order chi connectivity index (χ1) is 14.3. The van der Waals surface area contributed by atoms with E-state index in [4.69, 9.17) is 0 Å². The van der Waals surface area contributed by atoms with Crippen LogP contribution in [0.25, 0.3) is 11.1 Å². The Bertz CT molecular complexity index is 1050. The summed E-state index contributed by atoms with van der Waals surface area (Å²) < 4.78 is 69.1. The third-order valence-electron chi connectivity index (χ3n) is 5.09. The van der Waals surface area contributed by atoms with Gasteiger partial charge in [-0.3, -0.25) is 0 Å². The van der Waals surface area contributed by atoms with E-state index in [-0.39, 0.29) is 17.6 Å². The van der Waals surface area contributed by atoms with Crippen molar-refractivity contribution in [3.63, 3.8) is 0 Å². The molecular formula is C23H18F5NO. The van der Waals surface area contributed by atoms with Crippen LogP contribution in [0.5, 0.6) is 5.75 Å². The quantitative estimate of drug-likeness (QED) is 0.458. The molecule has 0 spiro atoms. The van der Waals surface area contributed by atoms with E-state index in [9.17, 15) is 22.0 Å². The fourth-order valence-corrected chi connectivity index (χ4v) is 3.71. The first-order valence-corrected chi connectivity index (χ1v) is 9.43. The maximum Gasteiger partial charge on any atom is 0.461 e. The van der Waals surface area contributed by atoms with Gasteiger partial charge in [-0.1, -0.05) is 36.4 Å². The molecule has 3 aromatic rings. The normalized spacial score (nSPS) is 16.1. The van der Waals surface area contributed by atoms with E-state index in [2.05, 4.69) is 10.1 Å². The van der Waals surface area contributed by atoms with Gasteiger partial charge < -0.3 is 10.1 Å². The molecule has 156 valence electrons. The van der Waals surface area contributed by atoms with Gasteiger partial charge in [0.15, 0.2) is 0 Å². The van der Waals surface area contributed by atoms with Crippen LogP contribution < -0.4 is 10.1 Å². The smallest absolute Gasteiger partial charge is 0.428 e. The van der Waals surface area contributed by atoms with Gasteiger partial charge in [-0.05, 0) is 65.4 Å². The topological polar surface area (TPSA) is 21.3 Å². The predicted molar refractivity (Wildman–Crippen MR) is 105 cm³/mol. The molecule has 3 aromatic carbocycles. The fraction of sp³-hybridized carbons (Fsp3) is 0.217. The Morgan fingerprint density at radius 3 is 2.50 bits per heavy atom. The first-order valence-electron chi connectivity index (χ1n) is 9.43. The molecule has 0 amide bonds. The van der Waals surface area contributed by atoms with Crippen LogP contribution in [0.2, 0.25) is 0 Å². The number of anilines is 1. The highest BCUT2D eigenvalue weighted by Gasteiger charge is 2.44. The minimum atomic E-state index is -4.55. The third kappa shape index (κ3) is 4.10. The van der Waals surface area contributed by atoms with Crippen LogP contribution in [0.4, 0.5) is 27.6 Å². The van der Waals surface area contributed by atoms with Crippen molar-refractivity contribution in [2.45, 2.75) is 31.4 Å². The number of alkyl halides is 4. The van der Waals surface area contributed by atoms with E-state index in [0.29, 0.717) is 18.4 Å². The summed E-state index contributed by atoms with van der Waals surface area (Å²) in [6.45, 7) is 0. The monoisotopic (exact) mass is 419 g/mol. The molecule has 0 saturated heterocycles. The molecule has 1 atom stereocenters. The Kier molecular flexibility index (Phi) is 5.37. The van der Waals surface area contributed by atoms with Gasteiger partial charge in [-0.25, -0.2) is 4.39 Å². The highest BCUT2D eigenvalue weighted by Crippen LogP contribution is 2.39. The molecule has 2 nitrogen and oxygen atoms in total. The average molecular weight is 419 g/mol. The van der Waals surface area contributed by atoms with Crippen LogP contribution in [-0.2, 0) is 6.42 Å². The van der Waals surface area contributed by atoms with Gasteiger partial charge in [0.2, 0.25) is 0 Å². The molecular weight excluding hydrogens is 401 g/mol. The Balaban J connectivity index is 1.58. The van der Waals surface area contributed by atoms with E-state index < -0.39 is 12.5 Å². The number of benzene rings is 3. The summed E-state index contributed by atoms with van der Waals surface area (Å²) in [7, 11) is 0. The maximum atomic E-state index is 13.6. The van der Waals surface area contributed by atoms with Crippen LogP contribution in [-0.4, -0.2) is 12.5 Å². The van der Waals surface area contributed by atoms with Crippen molar-refractivity contribution in [1.82, 2.24) is 0 Å². The molecule has 7 heteroatoms. The zero-order valence-electron chi connectivity index (χ0n) is 15.7. The van der Waals surface area contributed by atoms with Crippen LogP contribution in [0.3, 0.4) is 0 Å². The number of nitrogens with one attached hydrogen (secondary N) is 1. The molecule has 1 heterocycles. The van der Waals surface area contributed by atoms with Gasteiger partial charge in [-0.15, -0.1) is 0 Å². The molecule has 0 fully saturated rings. The lowest BCUT2D eigenvalue weighted by molar-refractivity contribution is -0.253. The fourth-order valence-electron chi connectivity index (χ4n) is 3.71. The minimum absolute atomic E-state index is 0.205. The Labute approximate surface area is 170 Å². The van der Waals surface area contributed by atoms with Crippen LogP contribution in [0.15, 0.2) is 66.7 Å². The highest BCUT2D eigenvalue weighted by atomic mass is 19.3. The molecule has 30 heavy (non-hydrogen) atoms. The summed E-state index contributed by atoms with van der Waals surface area (Å²) in [6.07, 6.45) is -7.14. The van der Waals surface area contributed by atoms with E-state index in [1.807, 2.05) is 24.3 Å². The standard InChI is InChI=1S/C23H18F5NO/c24-16-6-1-4-14(12-16)18-8-3-9-21-19(18)10-11-20(29-21)15-5-2-7-17(13-15)30-23(27,28)22(25)26/h1-9,12-13,20,22,29H,10-11H2/t20-/m1/s1. The highest BCUT2D eigenvalue weighted by molar-refractivity contribution is 5.75. The number of fused-ring (bicyclic) bond motifs is 1. The third-order valence-corrected chi connectivity index (χ3v) is 5.09. The van der Waals surface area contributed by atoms with Crippen LogP contribution in [0.1, 0.15) is 23.6 Å². The van der Waals surface area contributed by atoms with Crippen molar-refractivity contribution in [1.29, 1.82) is 0 Å². The molecule has 1 N–H and O–H groups in total. The van der Waals surface area contributed by atoms with E-state index in [1.165, 1.54) is 30.3 Å². The largest absolute Gasteiger partial charge is 0.461 e. The van der Waals surface area contributed by atoms with Crippen molar-refractivity contribution < 1.29 is 26.7 Å². The van der Waals surface area contributed by atoms with Gasteiger partial charge in [0, 0.05) is 5.69 Å². The zero-order chi connectivity index (χ0) is 21.3. The summed E-state index contributed by atoms with van der Waals surface area (Å²) in [4.78, 5) is 0. The number of hydrogen-bond donors (Lipinski definition) is 1. The Hall–Kier alpha value is -3.09. The van der Waals surface area contributed by atoms with Crippen molar-refractivity contribution in [2.24, 2.45) is 0 Å². The van der Waals surface area contributed by atoms with Crippen molar-refractivity contribution in [2.75, 3.05) is 5.32 Å². The lowest BCUT2D eigenvalue weighted by Gasteiger charge is -2.29. The minimum Gasteiger partial charge on any atom is -0.428 e. The lowest BCUT2D eigenvalue weighted by Crippen LogP contribution is -2.33. The van der Waals surface area contributed by atoms with Crippen LogP contribution >= 0.6 is 0 Å². The molecule has 0 unspecified atom stereocenters. The lowest BCUT2D eigenvalue weighted by atomic mass is 9.88. The molecule has 1 aliphatic heterocycles. The molecule has 4 rings (SSSR count). The zero-order valence-corrected chi connectivity index (χ0v) is 15.7. The van der Waals surface area contributed by atoms with Gasteiger partial charge in [0.1, 0.15) is 11.6 Å². The summed E-state index contributed by atoms with van der Waals surface area (Å²) in [6, 6.07) is 17.6. The van der Waals surface area contributed by atoms with E-state index in [1.54, 1.807) is 12.1 Å². The van der Waals surface area contributed by atoms with Crippen molar-refractivity contribution in [3.05, 3.63) is 83.7 Å². The maximum absolute atomic E-state index is 13.6. The van der Waals surface area contributed by atoms with Crippen molar-refractivity contribution in [3.8, 4) is 16.9 Å². The van der Waals surface area contributed by atoms with Gasteiger partial charge in [0.05, 0.1) is 6.04 Å². The summed E-state index contributed by atoms with van der Waals surface area (Å²) in [5, 5.41) is 3.37. The Morgan fingerprint density at radius 2 is 1.73 bits per heavy atom. The van der Waals surface area contributed by atoms with Gasteiger partial charge >= 0.3 is 12.5 Å². The van der Waals surface area contributed by atoms with Crippen LogP contribution in [0, 0.1) is 5.82 Å². The number of rotatable bonds is 5. The summed E-state index contributed by atoms with van der Waals surface area (Å²) in [5.41, 5.74) is 4.25. The summed E-state index contributed by atoms with van der Waals surface area (Å²) in [5.74, 6) is -0.636. The number of halogens is 5. The molecule has 1 aliphatic rings. The summed E-state index contributed by atoms with van der Waals surface area (Å²) >= 11 is 0.